The van der Waals surface area contributed by atoms with E-state index in [9.17, 15) is 4.79 Å². The highest BCUT2D eigenvalue weighted by Crippen LogP contribution is 2.23. The number of aromatic nitrogens is 3. The van der Waals surface area contributed by atoms with Gasteiger partial charge in [-0.3, -0.25) is 14.1 Å². The summed E-state index contributed by atoms with van der Waals surface area (Å²) in [6.45, 7) is 6.74. The molecule has 1 aliphatic heterocycles. The highest BCUT2D eigenvalue weighted by molar-refractivity contribution is 5.78. The lowest BCUT2D eigenvalue weighted by atomic mass is 9.92. The number of fused-ring (bicyclic) bond motifs is 1. The van der Waals surface area contributed by atoms with Gasteiger partial charge in [0, 0.05) is 44.3 Å². The highest BCUT2D eigenvalue weighted by Gasteiger charge is 2.30. The predicted molar refractivity (Wildman–Crippen MR) is 93.5 cm³/mol. The van der Waals surface area contributed by atoms with Gasteiger partial charge in [-0.25, -0.2) is 9.97 Å². The zero-order valence-corrected chi connectivity index (χ0v) is 14.6. The Hall–Kier alpha value is -1.95. The Morgan fingerprint density at radius 2 is 2.29 bits per heavy atom. The molecule has 1 N–H and O–H groups in total. The molecule has 0 bridgehead atoms. The molecule has 1 aliphatic rings. The Morgan fingerprint density at radius 3 is 3.08 bits per heavy atom. The number of carbonyl (C=O) groups excluding carboxylic acids is 1. The van der Waals surface area contributed by atoms with Crippen molar-refractivity contribution in [2.45, 2.75) is 52.1 Å². The van der Waals surface area contributed by atoms with Crippen LogP contribution in [0, 0.1) is 5.92 Å². The third kappa shape index (κ3) is 3.93. The third-order valence-electron chi connectivity index (χ3n) is 4.86. The van der Waals surface area contributed by atoms with Crippen molar-refractivity contribution in [1.29, 1.82) is 0 Å². The zero-order valence-electron chi connectivity index (χ0n) is 14.6. The van der Waals surface area contributed by atoms with Gasteiger partial charge in [0.15, 0.2) is 0 Å². The van der Waals surface area contributed by atoms with Crippen LogP contribution in [0.4, 0.5) is 0 Å². The molecule has 2 aromatic rings. The largest absolute Gasteiger partial charge is 0.356 e. The van der Waals surface area contributed by atoms with Crippen molar-refractivity contribution >= 4 is 11.7 Å². The fourth-order valence-electron chi connectivity index (χ4n) is 3.31. The first-order valence-corrected chi connectivity index (χ1v) is 8.97. The first-order valence-electron chi connectivity index (χ1n) is 8.97. The Morgan fingerprint density at radius 1 is 1.42 bits per heavy atom. The third-order valence-corrected chi connectivity index (χ3v) is 4.86. The lowest BCUT2D eigenvalue weighted by molar-refractivity contribution is -0.127. The molecule has 3 rings (SSSR count). The Balaban J connectivity index is 1.62. The first-order chi connectivity index (χ1) is 11.7. The van der Waals surface area contributed by atoms with E-state index in [2.05, 4.69) is 34.0 Å². The van der Waals surface area contributed by atoms with Gasteiger partial charge in [-0.15, -0.1) is 0 Å². The smallest absolute Gasteiger partial charge is 0.233 e. The molecule has 2 aromatic heterocycles. The van der Waals surface area contributed by atoms with Crippen molar-refractivity contribution in [3.63, 3.8) is 0 Å². The predicted octanol–water partition coefficient (Wildman–Crippen LogP) is 2.25. The van der Waals surface area contributed by atoms with Crippen molar-refractivity contribution in [1.82, 2.24) is 24.6 Å². The number of hydrogen-bond donors (Lipinski definition) is 1. The van der Waals surface area contributed by atoms with E-state index in [1.807, 2.05) is 22.9 Å². The monoisotopic (exact) mass is 329 g/mol. The number of nitrogens with zero attached hydrogens (tertiary/aromatic N) is 4. The number of imidazole rings is 1. The fraction of sp³-hybridized carbons (Fsp3) is 0.611. The van der Waals surface area contributed by atoms with Crippen LogP contribution in [-0.2, 0) is 11.3 Å². The van der Waals surface area contributed by atoms with E-state index in [4.69, 9.17) is 0 Å². The second-order valence-electron chi connectivity index (χ2n) is 6.76. The van der Waals surface area contributed by atoms with E-state index >= 15 is 0 Å². The molecule has 0 radical (unpaired) electrons. The molecular formula is C18H27N5O. The topological polar surface area (TPSA) is 62.5 Å². The van der Waals surface area contributed by atoms with Crippen LogP contribution in [0.1, 0.15) is 45.2 Å². The van der Waals surface area contributed by atoms with E-state index in [1.54, 1.807) is 6.20 Å². The second-order valence-corrected chi connectivity index (χ2v) is 6.76. The molecule has 0 aliphatic carbocycles. The lowest BCUT2D eigenvalue weighted by Gasteiger charge is -2.36. The number of rotatable bonds is 6. The summed E-state index contributed by atoms with van der Waals surface area (Å²) in [6, 6.07) is 2.38. The van der Waals surface area contributed by atoms with Crippen LogP contribution >= 0.6 is 0 Å². The van der Waals surface area contributed by atoms with Gasteiger partial charge in [-0.2, -0.15) is 0 Å². The SMILES string of the molecule is CCCCNC(=O)[C@H]1CC[C@@H](C)N(Cc2cn3cccnc3n2)C1. The Labute approximate surface area is 143 Å². The van der Waals surface area contributed by atoms with Crippen molar-refractivity contribution in [3.05, 3.63) is 30.4 Å². The molecule has 0 aromatic carbocycles. The number of piperidine rings is 1. The van der Waals surface area contributed by atoms with Crippen LogP contribution in [0.3, 0.4) is 0 Å². The Kier molecular flexibility index (Phi) is 5.45. The molecule has 2 atom stereocenters. The van der Waals surface area contributed by atoms with Crippen molar-refractivity contribution < 1.29 is 4.79 Å². The van der Waals surface area contributed by atoms with Crippen LogP contribution in [0.5, 0.6) is 0 Å². The molecular weight excluding hydrogens is 302 g/mol. The maximum atomic E-state index is 12.4. The molecule has 0 unspecified atom stereocenters. The van der Waals surface area contributed by atoms with E-state index in [0.29, 0.717) is 6.04 Å². The quantitative estimate of drug-likeness (QED) is 0.826. The number of unbranched alkanes of at least 4 members (excludes halogenated alkanes) is 1. The lowest BCUT2D eigenvalue weighted by Crippen LogP contribution is -2.46. The molecule has 0 spiro atoms. The summed E-state index contributed by atoms with van der Waals surface area (Å²) in [5, 5.41) is 3.08. The van der Waals surface area contributed by atoms with Crippen LogP contribution in [0.15, 0.2) is 24.7 Å². The van der Waals surface area contributed by atoms with Crippen LogP contribution in [-0.4, -0.2) is 44.3 Å². The second kappa shape index (κ2) is 7.75. The highest BCUT2D eigenvalue weighted by atomic mass is 16.1. The molecule has 6 heteroatoms. The number of nitrogens with one attached hydrogen (secondary N) is 1. The van der Waals surface area contributed by atoms with E-state index in [1.165, 1.54) is 0 Å². The zero-order chi connectivity index (χ0) is 16.9. The average Bonchev–Trinajstić information content (AvgIpc) is 2.99. The number of amides is 1. The van der Waals surface area contributed by atoms with E-state index < -0.39 is 0 Å². The maximum absolute atomic E-state index is 12.4. The summed E-state index contributed by atoms with van der Waals surface area (Å²) in [5.41, 5.74) is 1.01. The van der Waals surface area contributed by atoms with E-state index in [0.717, 1.165) is 56.8 Å². The van der Waals surface area contributed by atoms with Gasteiger partial charge < -0.3 is 5.32 Å². The summed E-state index contributed by atoms with van der Waals surface area (Å²) >= 11 is 0. The van der Waals surface area contributed by atoms with Crippen LogP contribution in [0.2, 0.25) is 0 Å². The summed E-state index contributed by atoms with van der Waals surface area (Å²) in [6.07, 6.45) is 9.93. The van der Waals surface area contributed by atoms with Gasteiger partial charge in [0.25, 0.3) is 0 Å². The van der Waals surface area contributed by atoms with Crippen molar-refractivity contribution in [2.75, 3.05) is 13.1 Å². The minimum absolute atomic E-state index is 0.0909. The number of hydrogen-bond acceptors (Lipinski definition) is 4. The number of carbonyl (C=O) groups is 1. The van der Waals surface area contributed by atoms with E-state index in [-0.39, 0.29) is 11.8 Å². The molecule has 1 amide bonds. The summed E-state index contributed by atoms with van der Waals surface area (Å²) < 4.78 is 1.94. The molecule has 1 saturated heterocycles. The normalized spacial score (nSPS) is 21.9. The number of likely N-dealkylation sites (tertiary alicyclic amines) is 1. The van der Waals surface area contributed by atoms with Crippen molar-refractivity contribution in [3.8, 4) is 0 Å². The molecule has 3 heterocycles. The van der Waals surface area contributed by atoms with Gasteiger partial charge in [0.1, 0.15) is 0 Å². The minimum Gasteiger partial charge on any atom is -0.356 e. The van der Waals surface area contributed by atoms with Gasteiger partial charge >= 0.3 is 0 Å². The summed E-state index contributed by atoms with van der Waals surface area (Å²) in [5.74, 6) is 1.02. The summed E-state index contributed by atoms with van der Waals surface area (Å²) in [7, 11) is 0. The Bertz CT molecular complexity index is 650. The van der Waals surface area contributed by atoms with Gasteiger partial charge in [0.2, 0.25) is 11.7 Å². The molecule has 0 saturated carbocycles. The molecule has 130 valence electrons. The average molecular weight is 329 g/mol. The molecule has 24 heavy (non-hydrogen) atoms. The van der Waals surface area contributed by atoms with Crippen LogP contribution < -0.4 is 5.32 Å². The maximum Gasteiger partial charge on any atom is 0.233 e. The van der Waals surface area contributed by atoms with Gasteiger partial charge in [-0.1, -0.05) is 13.3 Å². The minimum atomic E-state index is 0.0909. The first kappa shape index (κ1) is 16.9. The van der Waals surface area contributed by atoms with Gasteiger partial charge in [0.05, 0.1) is 11.6 Å². The summed E-state index contributed by atoms with van der Waals surface area (Å²) in [4.78, 5) is 23.6. The standard InChI is InChI=1S/C18H27N5O/c1-3-4-8-19-17(24)15-7-6-14(2)23(11-15)13-16-12-22-10-5-9-20-18(22)21-16/h5,9-10,12,14-15H,3-4,6-8,11,13H2,1-2H3,(H,19,24)/t14-,15+/m1/s1. The van der Waals surface area contributed by atoms with Gasteiger partial charge in [-0.05, 0) is 32.3 Å². The fourth-order valence-corrected chi connectivity index (χ4v) is 3.31. The molecule has 6 nitrogen and oxygen atoms in total. The van der Waals surface area contributed by atoms with Crippen LogP contribution in [0.25, 0.3) is 5.78 Å². The molecule has 1 fully saturated rings. The van der Waals surface area contributed by atoms with Crippen molar-refractivity contribution in [2.24, 2.45) is 5.92 Å².